The molecule has 1 atom stereocenters. The number of rotatable bonds is 4. The summed E-state index contributed by atoms with van der Waals surface area (Å²) in [6.45, 7) is 1.55. The molecule has 1 unspecified atom stereocenters. The molecule has 0 bridgehead atoms. The Hall–Kier alpha value is -2.22. The standard InChI is InChI=1S/C16H11Cl2NO3/c1-10(21-13-5-2-11(9-19)3-6-13)16(20)22-15-8-12(17)4-7-14(15)18/h2-8,10H,1H3. The third-order valence-electron chi connectivity index (χ3n) is 2.73. The van der Waals surface area contributed by atoms with Crippen LogP contribution in [0, 0.1) is 11.3 Å². The number of hydrogen-bond donors (Lipinski definition) is 0. The Kier molecular flexibility index (Phi) is 5.26. The van der Waals surface area contributed by atoms with Gasteiger partial charge in [-0.3, -0.25) is 0 Å². The molecule has 0 saturated heterocycles. The molecule has 0 heterocycles. The lowest BCUT2D eigenvalue weighted by Crippen LogP contribution is -2.28. The van der Waals surface area contributed by atoms with E-state index in [-0.39, 0.29) is 10.8 Å². The van der Waals surface area contributed by atoms with Crippen LogP contribution in [-0.4, -0.2) is 12.1 Å². The average molecular weight is 336 g/mol. The lowest BCUT2D eigenvalue weighted by atomic mass is 10.2. The van der Waals surface area contributed by atoms with Gasteiger partial charge >= 0.3 is 5.97 Å². The fraction of sp³-hybridized carbons (Fsp3) is 0.125. The Bertz CT molecular complexity index is 723. The Balaban J connectivity index is 2.02. The highest BCUT2D eigenvalue weighted by Crippen LogP contribution is 2.28. The molecule has 2 rings (SSSR count). The predicted octanol–water partition coefficient (Wildman–Crippen LogP) is 4.24. The first-order chi connectivity index (χ1) is 10.5. The summed E-state index contributed by atoms with van der Waals surface area (Å²) in [6.07, 6.45) is -0.844. The van der Waals surface area contributed by atoms with Crippen molar-refractivity contribution in [1.29, 1.82) is 5.26 Å². The topological polar surface area (TPSA) is 59.3 Å². The van der Waals surface area contributed by atoms with Gasteiger partial charge in [-0.25, -0.2) is 4.79 Å². The number of halogens is 2. The van der Waals surface area contributed by atoms with Crippen molar-refractivity contribution in [3.8, 4) is 17.6 Å². The highest BCUT2D eigenvalue weighted by molar-refractivity contribution is 6.34. The molecule has 0 aliphatic rings. The molecule has 4 nitrogen and oxygen atoms in total. The maximum absolute atomic E-state index is 12.0. The SMILES string of the molecule is CC(Oc1ccc(C#N)cc1)C(=O)Oc1cc(Cl)ccc1Cl. The van der Waals surface area contributed by atoms with Gasteiger partial charge in [0.05, 0.1) is 16.7 Å². The Labute approximate surface area is 137 Å². The second-order valence-electron chi connectivity index (χ2n) is 4.39. The van der Waals surface area contributed by atoms with Gasteiger partial charge in [-0.2, -0.15) is 5.26 Å². The number of esters is 1. The molecule has 22 heavy (non-hydrogen) atoms. The molecule has 0 radical (unpaired) electrons. The molecule has 0 aromatic heterocycles. The number of ether oxygens (including phenoxy) is 2. The molecule has 0 aliphatic carbocycles. The van der Waals surface area contributed by atoms with Crippen LogP contribution < -0.4 is 9.47 Å². The van der Waals surface area contributed by atoms with E-state index in [1.807, 2.05) is 6.07 Å². The Morgan fingerprint density at radius 2 is 1.86 bits per heavy atom. The summed E-state index contributed by atoms with van der Waals surface area (Å²) >= 11 is 11.8. The van der Waals surface area contributed by atoms with Crippen molar-refractivity contribution in [3.63, 3.8) is 0 Å². The van der Waals surface area contributed by atoms with Crippen molar-refractivity contribution in [2.24, 2.45) is 0 Å². The first-order valence-electron chi connectivity index (χ1n) is 6.33. The number of nitriles is 1. The first kappa shape index (κ1) is 16.2. The summed E-state index contributed by atoms with van der Waals surface area (Å²) in [4.78, 5) is 12.0. The minimum atomic E-state index is -0.844. The summed E-state index contributed by atoms with van der Waals surface area (Å²) in [5.41, 5.74) is 0.508. The Morgan fingerprint density at radius 1 is 1.18 bits per heavy atom. The second kappa shape index (κ2) is 7.17. The van der Waals surface area contributed by atoms with Crippen molar-refractivity contribution >= 4 is 29.2 Å². The van der Waals surface area contributed by atoms with Gasteiger partial charge < -0.3 is 9.47 Å². The van der Waals surface area contributed by atoms with E-state index in [9.17, 15) is 4.79 Å². The number of carbonyl (C=O) groups excluding carboxylic acids is 1. The normalized spacial score (nSPS) is 11.4. The van der Waals surface area contributed by atoms with Crippen molar-refractivity contribution in [2.75, 3.05) is 0 Å². The molecule has 112 valence electrons. The minimum Gasteiger partial charge on any atom is -0.479 e. The van der Waals surface area contributed by atoms with Gasteiger partial charge in [-0.1, -0.05) is 23.2 Å². The molecule has 0 fully saturated rings. The molecule has 0 aliphatic heterocycles. The molecule has 6 heteroatoms. The summed E-state index contributed by atoms with van der Waals surface area (Å²) in [5.74, 6) is 0.0311. The number of carbonyl (C=O) groups is 1. The van der Waals surface area contributed by atoms with Crippen LogP contribution in [0.5, 0.6) is 11.5 Å². The van der Waals surface area contributed by atoms with Crippen molar-refractivity contribution in [3.05, 3.63) is 58.1 Å². The van der Waals surface area contributed by atoms with Crippen LogP contribution in [0.25, 0.3) is 0 Å². The highest BCUT2D eigenvalue weighted by Gasteiger charge is 2.18. The van der Waals surface area contributed by atoms with Crippen molar-refractivity contribution in [2.45, 2.75) is 13.0 Å². The van der Waals surface area contributed by atoms with Crippen molar-refractivity contribution < 1.29 is 14.3 Å². The van der Waals surface area contributed by atoms with E-state index in [4.69, 9.17) is 37.9 Å². The van der Waals surface area contributed by atoms with Crippen LogP contribution in [0.3, 0.4) is 0 Å². The molecule has 0 saturated carbocycles. The van der Waals surface area contributed by atoms with E-state index in [0.717, 1.165) is 0 Å². The van der Waals surface area contributed by atoms with Crippen LogP contribution in [0.15, 0.2) is 42.5 Å². The summed E-state index contributed by atoms with van der Waals surface area (Å²) in [7, 11) is 0. The molecule has 2 aromatic rings. The maximum atomic E-state index is 12.0. The Morgan fingerprint density at radius 3 is 2.50 bits per heavy atom. The second-order valence-corrected chi connectivity index (χ2v) is 5.24. The lowest BCUT2D eigenvalue weighted by molar-refractivity contribution is -0.141. The van der Waals surface area contributed by atoms with Gasteiger partial charge in [0.2, 0.25) is 0 Å². The van der Waals surface area contributed by atoms with E-state index < -0.39 is 12.1 Å². The fourth-order valence-electron chi connectivity index (χ4n) is 1.61. The van der Waals surface area contributed by atoms with Crippen molar-refractivity contribution in [1.82, 2.24) is 0 Å². The molecule has 0 amide bonds. The van der Waals surface area contributed by atoms with E-state index in [1.54, 1.807) is 43.3 Å². The fourth-order valence-corrected chi connectivity index (χ4v) is 1.93. The summed E-state index contributed by atoms with van der Waals surface area (Å²) in [5, 5.41) is 9.41. The largest absolute Gasteiger partial charge is 0.479 e. The summed E-state index contributed by atoms with van der Waals surface area (Å²) < 4.78 is 10.6. The van der Waals surface area contributed by atoms with E-state index >= 15 is 0 Å². The number of nitrogens with zero attached hydrogens (tertiary/aromatic N) is 1. The maximum Gasteiger partial charge on any atom is 0.352 e. The van der Waals surface area contributed by atoms with Gasteiger partial charge in [0, 0.05) is 11.1 Å². The quantitative estimate of drug-likeness (QED) is 0.619. The number of hydrogen-bond acceptors (Lipinski definition) is 4. The van der Waals surface area contributed by atoms with E-state index in [0.29, 0.717) is 16.3 Å². The zero-order valence-corrected chi connectivity index (χ0v) is 13.1. The predicted molar refractivity (Wildman–Crippen MR) is 83.3 cm³/mol. The first-order valence-corrected chi connectivity index (χ1v) is 7.09. The molecule has 0 spiro atoms. The molecule has 2 aromatic carbocycles. The van der Waals surface area contributed by atoms with Gasteiger partial charge in [-0.15, -0.1) is 0 Å². The highest BCUT2D eigenvalue weighted by atomic mass is 35.5. The minimum absolute atomic E-state index is 0.175. The van der Waals surface area contributed by atoms with Crippen LogP contribution in [0.4, 0.5) is 0 Å². The van der Waals surface area contributed by atoms with Crippen LogP contribution in [0.1, 0.15) is 12.5 Å². The number of benzene rings is 2. The van der Waals surface area contributed by atoms with Gasteiger partial charge in [-0.05, 0) is 43.3 Å². The zero-order valence-electron chi connectivity index (χ0n) is 11.5. The smallest absolute Gasteiger partial charge is 0.352 e. The van der Waals surface area contributed by atoms with Crippen LogP contribution in [0.2, 0.25) is 10.0 Å². The molecular formula is C16H11Cl2NO3. The van der Waals surface area contributed by atoms with Gasteiger partial charge in [0.25, 0.3) is 0 Å². The third-order valence-corrected chi connectivity index (χ3v) is 3.28. The monoisotopic (exact) mass is 335 g/mol. The molecular weight excluding hydrogens is 325 g/mol. The lowest BCUT2D eigenvalue weighted by Gasteiger charge is -2.14. The van der Waals surface area contributed by atoms with Gasteiger partial charge in [0.15, 0.2) is 11.9 Å². The van der Waals surface area contributed by atoms with Crippen LogP contribution >= 0.6 is 23.2 Å². The van der Waals surface area contributed by atoms with Gasteiger partial charge in [0.1, 0.15) is 5.75 Å². The zero-order chi connectivity index (χ0) is 16.1. The summed E-state index contributed by atoms with van der Waals surface area (Å²) in [6, 6.07) is 13.0. The molecule has 0 N–H and O–H groups in total. The van der Waals surface area contributed by atoms with Crippen LogP contribution in [-0.2, 0) is 4.79 Å². The third kappa shape index (κ3) is 4.14. The van der Waals surface area contributed by atoms with E-state index in [2.05, 4.69) is 0 Å². The van der Waals surface area contributed by atoms with E-state index in [1.165, 1.54) is 6.07 Å². The average Bonchev–Trinajstić information content (AvgIpc) is 2.51.